The second-order valence-corrected chi connectivity index (χ2v) is 6.59. The Kier molecular flexibility index (Phi) is 5.67. The van der Waals surface area contributed by atoms with Gasteiger partial charge in [-0.1, -0.05) is 36.0 Å². The van der Waals surface area contributed by atoms with Crippen LogP contribution >= 0.6 is 11.8 Å². The molecule has 9 heteroatoms. The molecule has 3 rings (SSSR count). The molecule has 2 aromatic rings. The van der Waals surface area contributed by atoms with Crippen LogP contribution in [0.3, 0.4) is 0 Å². The third-order valence-electron chi connectivity index (χ3n) is 3.80. The zero-order chi connectivity index (χ0) is 18.5. The molecule has 1 saturated heterocycles. The fourth-order valence-corrected chi connectivity index (χ4v) is 3.47. The van der Waals surface area contributed by atoms with Gasteiger partial charge in [0.15, 0.2) is 0 Å². The molecule has 136 valence electrons. The molecule has 0 spiro atoms. The Morgan fingerprint density at radius 3 is 2.92 bits per heavy atom. The molecular formula is C17H19N5O3S. The number of ether oxygens (including phenoxy) is 1. The van der Waals surface area contributed by atoms with E-state index in [0.717, 1.165) is 11.1 Å². The summed E-state index contributed by atoms with van der Waals surface area (Å²) in [6.07, 6.45) is 1.35. The third-order valence-corrected chi connectivity index (χ3v) is 4.83. The summed E-state index contributed by atoms with van der Waals surface area (Å²) in [6.45, 7) is 4.77. The minimum atomic E-state index is -0.449. The highest BCUT2D eigenvalue weighted by molar-refractivity contribution is 8.04. The van der Waals surface area contributed by atoms with Crippen LogP contribution in [-0.4, -0.2) is 55.9 Å². The molecule has 0 radical (unpaired) electrons. The van der Waals surface area contributed by atoms with Gasteiger partial charge in [-0.15, -0.1) is 10.2 Å². The second-order valence-electron chi connectivity index (χ2n) is 5.59. The van der Waals surface area contributed by atoms with E-state index in [9.17, 15) is 9.59 Å². The van der Waals surface area contributed by atoms with Gasteiger partial charge in [0.05, 0.1) is 30.0 Å². The van der Waals surface area contributed by atoms with Gasteiger partial charge in [-0.05, 0) is 24.6 Å². The molecule has 0 aliphatic carbocycles. The summed E-state index contributed by atoms with van der Waals surface area (Å²) in [7, 11) is 0. The van der Waals surface area contributed by atoms with Crippen LogP contribution in [0.5, 0.6) is 0 Å². The molecule has 0 saturated carbocycles. The standard InChI is InChI=1S/C17H19N5O3S/c1-3-25-16(24)10-15-21(14(23)11-26-15)8-9-22-19-17(18-20-22)13-7-5-4-6-12(13)2/h4-7,10H,3,8-9,11H2,1-2H3/b15-10-. The zero-order valence-corrected chi connectivity index (χ0v) is 15.4. The summed E-state index contributed by atoms with van der Waals surface area (Å²) in [5.74, 6) is 0.359. The Balaban J connectivity index is 1.67. The van der Waals surface area contributed by atoms with Gasteiger partial charge >= 0.3 is 5.97 Å². The van der Waals surface area contributed by atoms with Crippen LogP contribution in [0.15, 0.2) is 35.4 Å². The van der Waals surface area contributed by atoms with E-state index in [2.05, 4.69) is 15.4 Å². The molecule has 0 N–H and O–H groups in total. The molecule has 1 aromatic carbocycles. The molecule has 8 nitrogen and oxygen atoms in total. The average molecular weight is 373 g/mol. The van der Waals surface area contributed by atoms with Crippen LogP contribution in [0.4, 0.5) is 0 Å². The molecule has 1 aliphatic rings. The molecule has 1 aliphatic heterocycles. The molecule has 1 fully saturated rings. The number of amides is 1. The first kappa shape index (κ1) is 18.1. The van der Waals surface area contributed by atoms with E-state index in [1.807, 2.05) is 31.2 Å². The van der Waals surface area contributed by atoms with Crippen molar-refractivity contribution in [3.63, 3.8) is 0 Å². The lowest BCUT2D eigenvalue weighted by Crippen LogP contribution is -2.29. The number of rotatable bonds is 6. The van der Waals surface area contributed by atoms with E-state index in [1.165, 1.54) is 22.6 Å². The number of hydrogen-bond acceptors (Lipinski definition) is 7. The number of nitrogens with zero attached hydrogens (tertiary/aromatic N) is 5. The first-order chi connectivity index (χ1) is 12.6. The van der Waals surface area contributed by atoms with E-state index < -0.39 is 5.97 Å². The molecule has 2 heterocycles. The lowest BCUT2D eigenvalue weighted by Gasteiger charge is -2.16. The predicted molar refractivity (Wildman–Crippen MR) is 96.9 cm³/mol. The van der Waals surface area contributed by atoms with Crippen LogP contribution in [0.1, 0.15) is 12.5 Å². The first-order valence-corrected chi connectivity index (χ1v) is 9.22. The van der Waals surface area contributed by atoms with Crippen LogP contribution in [0.25, 0.3) is 11.4 Å². The van der Waals surface area contributed by atoms with Crippen molar-refractivity contribution in [2.75, 3.05) is 18.9 Å². The number of carbonyl (C=O) groups excluding carboxylic acids is 2. The summed E-state index contributed by atoms with van der Waals surface area (Å²) in [5.41, 5.74) is 1.99. The largest absolute Gasteiger partial charge is 0.463 e. The average Bonchev–Trinajstić information content (AvgIpc) is 3.21. The van der Waals surface area contributed by atoms with Crippen molar-refractivity contribution in [1.82, 2.24) is 25.1 Å². The van der Waals surface area contributed by atoms with Gasteiger partial charge in [0.2, 0.25) is 11.7 Å². The Morgan fingerprint density at radius 1 is 1.35 bits per heavy atom. The fraction of sp³-hybridized carbons (Fsp3) is 0.353. The summed E-state index contributed by atoms with van der Waals surface area (Å²) in [5, 5.41) is 13.1. The van der Waals surface area contributed by atoms with Crippen LogP contribution < -0.4 is 0 Å². The van der Waals surface area contributed by atoms with Gasteiger partial charge in [0, 0.05) is 12.1 Å². The topological polar surface area (TPSA) is 90.2 Å². The smallest absolute Gasteiger partial charge is 0.333 e. The number of thioether (sulfide) groups is 1. The summed E-state index contributed by atoms with van der Waals surface area (Å²) < 4.78 is 4.91. The van der Waals surface area contributed by atoms with Crippen molar-refractivity contribution in [3.8, 4) is 11.4 Å². The lowest BCUT2D eigenvalue weighted by molar-refractivity contribution is -0.137. The number of aryl methyl sites for hydroxylation is 1. The van der Waals surface area contributed by atoms with Gasteiger partial charge in [-0.25, -0.2) is 4.79 Å². The molecule has 1 aromatic heterocycles. The van der Waals surface area contributed by atoms with Crippen molar-refractivity contribution in [2.24, 2.45) is 0 Å². The summed E-state index contributed by atoms with van der Waals surface area (Å²) in [6, 6.07) is 7.81. The van der Waals surface area contributed by atoms with Crippen molar-refractivity contribution in [1.29, 1.82) is 0 Å². The van der Waals surface area contributed by atoms with Crippen LogP contribution in [-0.2, 0) is 20.9 Å². The SMILES string of the molecule is CCOC(=O)/C=C1\SCC(=O)N1CCn1nnc(-c2ccccc2C)n1. The Hall–Kier alpha value is -2.68. The number of esters is 1. The monoisotopic (exact) mass is 373 g/mol. The van der Waals surface area contributed by atoms with Gasteiger partial charge in [-0.3, -0.25) is 4.79 Å². The zero-order valence-electron chi connectivity index (χ0n) is 14.6. The second kappa shape index (κ2) is 8.13. The van der Waals surface area contributed by atoms with Crippen molar-refractivity contribution in [3.05, 3.63) is 40.9 Å². The molecule has 0 unspecified atom stereocenters. The molecular weight excluding hydrogens is 354 g/mol. The predicted octanol–water partition coefficient (Wildman–Crippen LogP) is 1.63. The maximum atomic E-state index is 12.1. The van der Waals surface area contributed by atoms with Crippen molar-refractivity contribution < 1.29 is 14.3 Å². The number of carbonyl (C=O) groups is 2. The Bertz CT molecular complexity index is 848. The lowest BCUT2D eigenvalue weighted by atomic mass is 10.1. The van der Waals surface area contributed by atoms with Gasteiger partial charge < -0.3 is 9.64 Å². The van der Waals surface area contributed by atoms with E-state index in [-0.39, 0.29) is 5.91 Å². The minimum Gasteiger partial charge on any atom is -0.463 e. The van der Waals surface area contributed by atoms with E-state index in [0.29, 0.717) is 36.3 Å². The van der Waals surface area contributed by atoms with Crippen molar-refractivity contribution in [2.45, 2.75) is 20.4 Å². The van der Waals surface area contributed by atoms with Crippen LogP contribution in [0, 0.1) is 6.92 Å². The molecule has 0 bridgehead atoms. The number of aromatic nitrogens is 4. The van der Waals surface area contributed by atoms with Crippen LogP contribution in [0.2, 0.25) is 0 Å². The number of tetrazole rings is 1. The highest BCUT2D eigenvalue weighted by Crippen LogP contribution is 2.28. The Morgan fingerprint density at radius 2 is 2.15 bits per heavy atom. The Labute approximate surface area is 155 Å². The molecule has 1 amide bonds. The maximum Gasteiger partial charge on any atom is 0.333 e. The number of benzene rings is 1. The third kappa shape index (κ3) is 4.10. The molecule has 26 heavy (non-hydrogen) atoms. The maximum absolute atomic E-state index is 12.1. The van der Waals surface area contributed by atoms with Crippen molar-refractivity contribution >= 4 is 23.6 Å². The van der Waals surface area contributed by atoms with Gasteiger partial charge in [-0.2, -0.15) is 4.80 Å². The normalized spacial score (nSPS) is 15.7. The quantitative estimate of drug-likeness (QED) is 0.561. The van der Waals surface area contributed by atoms with Gasteiger partial charge in [0.25, 0.3) is 0 Å². The fourth-order valence-electron chi connectivity index (χ4n) is 2.51. The van der Waals surface area contributed by atoms with E-state index >= 15 is 0 Å². The first-order valence-electron chi connectivity index (χ1n) is 8.24. The molecule has 0 atom stereocenters. The van der Waals surface area contributed by atoms with E-state index in [1.54, 1.807) is 11.8 Å². The highest BCUT2D eigenvalue weighted by atomic mass is 32.2. The van der Waals surface area contributed by atoms with E-state index in [4.69, 9.17) is 4.74 Å². The minimum absolute atomic E-state index is 0.0511. The highest BCUT2D eigenvalue weighted by Gasteiger charge is 2.27. The summed E-state index contributed by atoms with van der Waals surface area (Å²) >= 11 is 1.32. The summed E-state index contributed by atoms with van der Waals surface area (Å²) in [4.78, 5) is 26.7. The number of hydrogen-bond donors (Lipinski definition) is 0. The van der Waals surface area contributed by atoms with Gasteiger partial charge in [0.1, 0.15) is 0 Å².